The van der Waals surface area contributed by atoms with E-state index in [1.54, 1.807) is 6.20 Å². The number of hydrogen-bond donors (Lipinski definition) is 2. The molecule has 0 spiro atoms. The molecule has 2 aromatic heterocycles. The van der Waals surface area contributed by atoms with Gasteiger partial charge in [-0.25, -0.2) is 4.98 Å². The van der Waals surface area contributed by atoms with Crippen LogP contribution < -0.4 is 16.4 Å². The fourth-order valence-corrected chi connectivity index (χ4v) is 4.52. The Morgan fingerprint density at radius 2 is 2.12 bits per heavy atom. The van der Waals surface area contributed by atoms with Crippen molar-refractivity contribution in [1.82, 2.24) is 4.98 Å². The number of nitrogen functional groups attached to an aromatic ring is 1. The highest BCUT2D eigenvalue weighted by atomic mass is 32.1. The number of nitrogens with zero attached hydrogens (tertiary/aromatic N) is 2. The molecule has 0 unspecified atom stereocenters. The minimum Gasteiger partial charge on any atom is -0.397 e. The molecule has 1 atom stereocenters. The zero-order chi connectivity index (χ0) is 17.4. The second kappa shape index (κ2) is 6.80. The highest BCUT2D eigenvalue weighted by Gasteiger charge is 2.26. The molecule has 134 valence electrons. The second-order valence-corrected chi connectivity index (χ2v) is 8.15. The number of carbonyl (C=O) groups excluding carboxylic acids is 1. The summed E-state index contributed by atoms with van der Waals surface area (Å²) in [6, 6.07) is 1.99. The fraction of sp³-hybridized carbons (Fsp3) is 0.556. The quantitative estimate of drug-likeness (QED) is 0.826. The predicted molar refractivity (Wildman–Crippen MR) is 101 cm³/mol. The first-order valence-electron chi connectivity index (χ1n) is 8.93. The first-order valence-corrected chi connectivity index (χ1v) is 9.74. The molecule has 0 bridgehead atoms. The van der Waals surface area contributed by atoms with Crippen molar-refractivity contribution in [2.45, 2.75) is 25.7 Å². The molecule has 1 aliphatic carbocycles. The second-order valence-electron chi connectivity index (χ2n) is 7.15. The first kappa shape index (κ1) is 16.6. The van der Waals surface area contributed by atoms with Gasteiger partial charge in [-0.05, 0) is 43.6 Å². The van der Waals surface area contributed by atoms with Gasteiger partial charge in [0.05, 0.1) is 23.4 Å². The Labute approximate surface area is 151 Å². The van der Waals surface area contributed by atoms with E-state index in [9.17, 15) is 4.79 Å². The van der Waals surface area contributed by atoms with E-state index < -0.39 is 5.91 Å². The van der Waals surface area contributed by atoms with Gasteiger partial charge in [-0.3, -0.25) is 4.79 Å². The third kappa shape index (κ3) is 3.43. The molecule has 6 nitrogen and oxygen atoms in total. The number of anilines is 2. The van der Waals surface area contributed by atoms with Crippen molar-refractivity contribution in [2.75, 3.05) is 36.9 Å². The molecule has 4 N–H and O–H groups in total. The van der Waals surface area contributed by atoms with Gasteiger partial charge in [-0.1, -0.05) is 0 Å². The number of piperidine rings is 1. The fourth-order valence-electron chi connectivity index (χ4n) is 3.58. The topological polar surface area (TPSA) is 94.5 Å². The van der Waals surface area contributed by atoms with E-state index in [0.29, 0.717) is 16.5 Å². The van der Waals surface area contributed by atoms with E-state index in [4.69, 9.17) is 16.2 Å². The van der Waals surface area contributed by atoms with Crippen LogP contribution in [0.1, 0.15) is 35.4 Å². The summed E-state index contributed by atoms with van der Waals surface area (Å²) in [6.45, 7) is 3.67. The van der Waals surface area contributed by atoms with Gasteiger partial charge >= 0.3 is 0 Å². The summed E-state index contributed by atoms with van der Waals surface area (Å²) >= 11 is 1.27. The molecule has 1 amide bonds. The Morgan fingerprint density at radius 3 is 2.88 bits per heavy atom. The van der Waals surface area contributed by atoms with Gasteiger partial charge in [0.15, 0.2) is 0 Å². The lowest BCUT2D eigenvalue weighted by atomic mass is 9.98. The number of ether oxygens (including phenoxy) is 1. The number of thiophene rings is 1. The maximum atomic E-state index is 11.6. The summed E-state index contributed by atoms with van der Waals surface area (Å²) in [7, 11) is 0. The number of fused-ring (bicyclic) bond motifs is 1. The lowest BCUT2D eigenvalue weighted by molar-refractivity contribution is 0.0859. The van der Waals surface area contributed by atoms with Gasteiger partial charge in [0.2, 0.25) is 0 Å². The number of carbonyl (C=O) groups is 1. The van der Waals surface area contributed by atoms with Crippen molar-refractivity contribution in [3.8, 4) is 0 Å². The molecule has 2 aromatic rings. The van der Waals surface area contributed by atoms with Crippen LogP contribution in [0.5, 0.6) is 0 Å². The molecule has 25 heavy (non-hydrogen) atoms. The van der Waals surface area contributed by atoms with Crippen molar-refractivity contribution in [3.05, 3.63) is 17.1 Å². The minimum atomic E-state index is -0.489. The monoisotopic (exact) mass is 360 g/mol. The van der Waals surface area contributed by atoms with Crippen LogP contribution in [0.25, 0.3) is 10.2 Å². The Kier molecular flexibility index (Phi) is 4.52. The smallest absolute Gasteiger partial charge is 0.260 e. The molecule has 1 aliphatic heterocycles. The molecule has 2 fully saturated rings. The van der Waals surface area contributed by atoms with Gasteiger partial charge < -0.3 is 21.1 Å². The standard InChI is InChI=1S/C18H24N4O2S/c19-15-14-13(5-6-21-18(14)25-16(15)17(20)23)22-7-1-2-12(8-22)10-24-9-11-3-4-11/h5-6,11-12H,1-4,7-10,19H2,(H2,20,23)/t12-/m0/s1. The van der Waals surface area contributed by atoms with E-state index in [1.165, 1.54) is 30.6 Å². The van der Waals surface area contributed by atoms with Crippen LogP contribution in [0.3, 0.4) is 0 Å². The number of aromatic nitrogens is 1. The first-order chi connectivity index (χ1) is 12.1. The van der Waals surface area contributed by atoms with Crippen LogP contribution in [0, 0.1) is 11.8 Å². The van der Waals surface area contributed by atoms with Crippen molar-refractivity contribution < 1.29 is 9.53 Å². The minimum absolute atomic E-state index is 0.399. The molecular formula is C18H24N4O2S. The van der Waals surface area contributed by atoms with Crippen LogP contribution in [0.15, 0.2) is 12.3 Å². The summed E-state index contributed by atoms with van der Waals surface area (Å²) in [5.41, 5.74) is 13.2. The molecule has 2 aliphatic rings. The van der Waals surface area contributed by atoms with Crippen LogP contribution in [0.4, 0.5) is 11.4 Å². The van der Waals surface area contributed by atoms with Gasteiger partial charge in [0, 0.05) is 25.9 Å². The number of nitrogens with two attached hydrogens (primary N) is 2. The van der Waals surface area contributed by atoms with E-state index in [0.717, 1.165) is 54.5 Å². The molecule has 1 saturated carbocycles. The SMILES string of the molecule is NC(=O)c1sc2nccc(N3CCC[C@H](COCC4CC4)C3)c2c1N. The highest BCUT2D eigenvalue weighted by molar-refractivity contribution is 7.21. The normalized spacial score (nSPS) is 21.0. The number of amides is 1. The molecule has 4 rings (SSSR count). The van der Waals surface area contributed by atoms with Crippen LogP contribution >= 0.6 is 11.3 Å². The van der Waals surface area contributed by atoms with Gasteiger partial charge in [0.25, 0.3) is 5.91 Å². The molecule has 7 heteroatoms. The lowest BCUT2D eigenvalue weighted by Gasteiger charge is -2.34. The third-order valence-electron chi connectivity index (χ3n) is 5.09. The lowest BCUT2D eigenvalue weighted by Crippen LogP contribution is -2.37. The Bertz CT molecular complexity index is 787. The largest absolute Gasteiger partial charge is 0.397 e. The van der Waals surface area contributed by atoms with Crippen LogP contribution in [0.2, 0.25) is 0 Å². The average molecular weight is 360 g/mol. The zero-order valence-corrected chi connectivity index (χ0v) is 15.1. The van der Waals surface area contributed by atoms with Crippen LogP contribution in [-0.4, -0.2) is 37.2 Å². The number of rotatable bonds is 6. The van der Waals surface area contributed by atoms with Gasteiger partial charge in [0.1, 0.15) is 9.71 Å². The molecule has 0 radical (unpaired) electrons. The number of pyridine rings is 1. The maximum absolute atomic E-state index is 11.6. The molecule has 1 saturated heterocycles. The van der Waals surface area contributed by atoms with Crippen molar-refractivity contribution in [1.29, 1.82) is 0 Å². The molecular weight excluding hydrogens is 336 g/mol. The maximum Gasteiger partial charge on any atom is 0.260 e. The van der Waals surface area contributed by atoms with Crippen molar-refractivity contribution in [2.24, 2.45) is 17.6 Å². The summed E-state index contributed by atoms with van der Waals surface area (Å²) in [5.74, 6) is 0.847. The predicted octanol–water partition coefficient (Wildman–Crippen LogP) is 2.62. The van der Waals surface area contributed by atoms with E-state index >= 15 is 0 Å². The summed E-state index contributed by atoms with van der Waals surface area (Å²) < 4.78 is 5.91. The Balaban J connectivity index is 1.54. The Morgan fingerprint density at radius 1 is 1.32 bits per heavy atom. The Hall–Kier alpha value is -1.86. The molecule has 3 heterocycles. The molecule has 0 aromatic carbocycles. The highest BCUT2D eigenvalue weighted by Crippen LogP contribution is 2.39. The summed E-state index contributed by atoms with van der Waals surface area (Å²) in [5, 5.41) is 0.862. The van der Waals surface area contributed by atoms with Crippen molar-refractivity contribution in [3.63, 3.8) is 0 Å². The third-order valence-corrected chi connectivity index (χ3v) is 6.22. The van der Waals surface area contributed by atoms with E-state index in [1.807, 2.05) is 6.07 Å². The zero-order valence-electron chi connectivity index (χ0n) is 14.2. The van der Waals surface area contributed by atoms with Gasteiger partial charge in [-0.15, -0.1) is 11.3 Å². The number of primary amides is 1. The van der Waals surface area contributed by atoms with E-state index in [2.05, 4.69) is 9.88 Å². The summed E-state index contributed by atoms with van der Waals surface area (Å²) in [6.07, 6.45) is 6.76. The van der Waals surface area contributed by atoms with Crippen LogP contribution in [-0.2, 0) is 4.74 Å². The van der Waals surface area contributed by atoms with Gasteiger partial charge in [-0.2, -0.15) is 0 Å². The number of hydrogen-bond acceptors (Lipinski definition) is 6. The van der Waals surface area contributed by atoms with Crippen molar-refractivity contribution >= 4 is 38.8 Å². The summed E-state index contributed by atoms with van der Waals surface area (Å²) in [4.78, 5) is 19.5. The average Bonchev–Trinajstić information content (AvgIpc) is 3.37. The van der Waals surface area contributed by atoms with E-state index in [-0.39, 0.29) is 0 Å².